The van der Waals surface area contributed by atoms with E-state index in [2.05, 4.69) is 22.5 Å². The molecule has 0 heterocycles. The molecule has 0 saturated heterocycles. The molecular weight excluding hydrogens is 239 g/mol. The van der Waals surface area contributed by atoms with Crippen LogP contribution in [0.15, 0.2) is 29.3 Å². The zero-order valence-corrected chi connectivity index (χ0v) is 8.14. The second-order valence-corrected chi connectivity index (χ2v) is 3.32. The van der Waals surface area contributed by atoms with Gasteiger partial charge in [-0.1, -0.05) is 28.6 Å². The van der Waals surface area contributed by atoms with Crippen LogP contribution in [0.5, 0.6) is 0 Å². The van der Waals surface area contributed by atoms with Crippen LogP contribution in [-0.2, 0) is 4.79 Å². The number of hydrogen-bond acceptors (Lipinski definition) is 1. The van der Waals surface area contributed by atoms with Gasteiger partial charge in [0, 0.05) is 10.0 Å². The third-order valence-corrected chi connectivity index (χ3v) is 2.01. The van der Waals surface area contributed by atoms with Crippen LogP contribution in [0.3, 0.4) is 0 Å². The lowest BCUT2D eigenvalue weighted by molar-refractivity contribution is -0.130. The predicted octanol–water partition coefficient (Wildman–Crippen LogP) is 2.69. The van der Waals surface area contributed by atoms with Crippen molar-refractivity contribution in [2.45, 2.75) is 0 Å². The van der Waals surface area contributed by atoms with Crippen molar-refractivity contribution in [2.75, 3.05) is 0 Å². The highest BCUT2D eigenvalue weighted by Crippen LogP contribution is 2.20. The fourth-order valence-corrected chi connectivity index (χ4v) is 1.18. The highest BCUT2D eigenvalue weighted by atomic mass is 79.9. The van der Waals surface area contributed by atoms with Gasteiger partial charge in [0.05, 0.1) is 5.57 Å². The highest BCUT2D eigenvalue weighted by molar-refractivity contribution is 9.10. The number of hydrogen-bond donors (Lipinski definition) is 1. The van der Waals surface area contributed by atoms with E-state index in [0.29, 0.717) is 4.47 Å². The molecule has 0 atom stereocenters. The van der Waals surface area contributed by atoms with Gasteiger partial charge in [0.1, 0.15) is 5.82 Å². The summed E-state index contributed by atoms with van der Waals surface area (Å²) in [6.07, 6.45) is 0. The Morgan fingerprint density at radius 2 is 2.15 bits per heavy atom. The van der Waals surface area contributed by atoms with Gasteiger partial charge in [0.2, 0.25) is 0 Å². The minimum Gasteiger partial charge on any atom is -0.478 e. The van der Waals surface area contributed by atoms with Gasteiger partial charge in [-0.2, -0.15) is 0 Å². The van der Waals surface area contributed by atoms with E-state index in [4.69, 9.17) is 5.11 Å². The lowest BCUT2D eigenvalue weighted by Crippen LogP contribution is -2.00. The Balaban J connectivity index is 3.16. The van der Waals surface area contributed by atoms with Gasteiger partial charge in [-0.3, -0.25) is 0 Å². The van der Waals surface area contributed by atoms with Crippen molar-refractivity contribution in [1.82, 2.24) is 0 Å². The van der Waals surface area contributed by atoms with Crippen LogP contribution in [0.1, 0.15) is 5.56 Å². The number of benzene rings is 1. The lowest BCUT2D eigenvalue weighted by Gasteiger charge is -2.02. The molecule has 0 aliphatic carbocycles. The van der Waals surface area contributed by atoms with Crippen LogP contribution < -0.4 is 0 Å². The average Bonchev–Trinajstić information content (AvgIpc) is 2.03. The minimum absolute atomic E-state index is 0.00991. The van der Waals surface area contributed by atoms with Crippen LogP contribution in [0.4, 0.5) is 4.39 Å². The molecule has 68 valence electrons. The first kappa shape index (κ1) is 9.92. The van der Waals surface area contributed by atoms with Crippen LogP contribution >= 0.6 is 15.9 Å². The molecule has 1 aromatic rings. The van der Waals surface area contributed by atoms with E-state index in [9.17, 15) is 9.18 Å². The van der Waals surface area contributed by atoms with E-state index in [1.807, 2.05) is 0 Å². The topological polar surface area (TPSA) is 37.3 Å². The number of carbonyl (C=O) groups is 1. The van der Waals surface area contributed by atoms with Gasteiger partial charge in [0.15, 0.2) is 0 Å². The van der Waals surface area contributed by atoms with Gasteiger partial charge in [-0.25, -0.2) is 9.18 Å². The van der Waals surface area contributed by atoms with Crippen LogP contribution in [-0.4, -0.2) is 11.1 Å². The molecule has 0 radical (unpaired) electrons. The number of aliphatic carboxylic acids is 1. The Morgan fingerprint density at radius 1 is 1.54 bits per heavy atom. The minimum atomic E-state index is -1.22. The molecule has 1 aromatic carbocycles. The molecule has 0 bridgehead atoms. The molecule has 0 aliphatic rings. The van der Waals surface area contributed by atoms with Crippen molar-refractivity contribution in [3.8, 4) is 0 Å². The maximum atomic E-state index is 13.1. The maximum absolute atomic E-state index is 13.1. The fourth-order valence-electron chi connectivity index (χ4n) is 0.849. The molecule has 0 fully saturated rings. The van der Waals surface area contributed by atoms with E-state index in [1.54, 1.807) is 6.07 Å². The highest BCUT2D eigenvalue weighted by Gasteiger charge is 2.11. The Kier molecular flexibility index (Phi) is 2.83. The molecule has 13 heavy (non-hydrogen) atoms. The molecule has 2 nitrogen and oxygen atoms in total. The number of carboxylic acid groups (broad SMARTS) is 1. The van der Waals surface area contributed by atoms with Gasteiger partial charge in [-0.05, 0) is 12.1 Å². The third-order valence-electron chi connectivity index (χ3n) is 1.51. The van der Waals surface area contributed by atoms with Crippen molar-refractivity contribution in [1.29, 1.82) is 0 Å². The number of halogens is 2. The van der Waals surface area contributed by atoms with E-state index in [0.717, 1.165) is 0 Å². The Morgan fingerprint density at radius 3 is 2.62 bits per heavy atom. The van der Waals surface area contributed by atoms with Crippen molar-refractivity contribution >= 4 is 27.5 Å². The second kappa shape index (κ2) is 3.70. The molecule has 0 unspecified atom stereocenters. The molecule has 1 rings (SSSR count). The summed E-state index contributed by atoms with van der Waals surface area (Å²) in [6, 6.07) is 4.13. The smallest absolute Gasteiger partial charge is 0.335 e. The molecule has 0 amide bonds. The largest absolute Gasteiger partial charge is 0.478 e. The molecule has 1 N–H and O–H groups in total. The molecule has 0 saturated carbocycles. The molecule has 0 aromatic heterocycles. The first-order chi connectivity index (χ1) is 6.02. The second-order valence-electron chi connectivity index (χ2n) is 2.41. The first-order valence-electron chi connectivity index (χ1n) is 3.40. The van der Waals surface area contributed by atoms with E-state index in [-0.39, 0.29) is 11.1 Å². The standard InChI is InChI=1S/C9H6BrFO2/c1-5(9(12)13)7-3-2-6(10)4-8(7)11/h2-4H,1H2,(H,12,13). The Hall–Kier alpha value is -1.16. The summed E-state index contributed by atoms with van der Waals surface area (Å²) in [7, 11) is 0. The summed E-state index contributed by atoms with van der Waals surface area (Å²) in [6.45, 7) is 3.26. The summed E-state index contributed by atoms with van der Waals surface area (Å²) >= 11 is 3.07. The number of carboxylic acids is 1. The first-order valence-corrected chi connectivity index (χ1v) is 4.19. The van der Waals surface area contributed by atoms with E-state index < -0.39 is 11.8 Å². The lowest BCUT2D eigenvalue weighted by atomic mass is 10.1. The normalized spacial score (nSPS) is 9.69. The van der Waals surface area contributed by atoms with Crippen LogP contribution in [0.2, 0.25) is 0 Å². The molecule has 4 heteroatoms. The third kappa shape index (κ3) is 2.15. The SMILES string of the molecule is C=C(C(=O)O)c1ccc(Br)cc1F. The summed E-state index contributed by atoms with van der Waals surface area (Å²) in [4.78, 5) is 10.5. The Labute approximate surface area is 82.8 Å². The van der Waals surface area contributed by atoms with E-state index >= 15 is 0 Å². The molecule has 0 spiro atoms. The monoisotopic (exact) mass is 244 g/mol. The zero-order valence-electron chi connectivity index (χ0n) is 6.55. The average molecular weight is 245 g/mol. The summed E-state index contributed by atoms with van der Waals surface area (Å²) < 4.78 is 13.7. The Bertz CT molecular complexity index is 374. The van der Waals surface area contributed by atoms with Crippen molar-refractivity contribution in [3.63, 3.8) is 0 Å². The van der Waals surface area contributed by atoms with E-state index in [1.165, 1.54) is 12.1 Å². The van der Waals surface area contributed by atoms with Crippen molar-refractivity contribution in [3.05, 3.63) is 40.6 Å². The van der Waals surface area contributed by atoms with Crippen LogP contribution in [0.25, 0.3) is 5.57 Å². The van der Waals surface area contributed by atoms with Crippen LogP contribution in [0, 0.1) is 5.82 Å². The summed E-state index contributed by atoms with van der Waals surface area (Å²) in [5.41, 5.74) is -0.235. The summed E-state index contributed by atoms with van der Waals surface area (Å²) in [5, 5.41) is 8.55. The fraction of sp³-hybridized carbons (Fsp3) is 0. The van der Waals surface area contributed by atoms with Gasteiger partial charge >= 0.3 is 5.97 Å². The molecule has 0 aliphatic heterocycles. The van der Waals surface area contributed by atoms with Gasteiger partial charge in [0.25, 0.3) is 0 Å². The van der Waals surface area contributed by atoms with Gasteiger partial charge < -0.3 is 5.11 Å². The number of rotatable bonds is 2. The zero-order chi connectivity index (χ0) is 10.0. The van der Waals surface area contributed by atoms with Gasteiger partial charge in [-0.15, -0.1) is 0 Å². The molecular formula is C9H6BrFO2. The summed E-state index contributed by atoms with van der Waals surface area (Å²) in [5.74, 6) is -1.82. The van der Waals surface area contributed by atoms with Crippen molar-refractivity contribution < 1.29 is 14.3 Å². The quantitative estimate of drug-likeness (QED) is 0.813. The maximum Gasteiger partial charge on any atom is 0.335 e. The predicted molar refractivity (Wildman–Crippen MR) is 50.8 cm³/mol. The van der Waals surface area contributed by atoms with Crippen molar-refractivity contribution in [2.24, 2.45) is 0 Å².